The molecule has 8 heteroatoms. The molecule has 7 nitrogen and oxygen atoms in total. The monoisotopic (exact) mass is 414 g/mol. The van der Waals surface area contributed by atoms with Gasteiger partial charge in [-0.1, -0.05) is 31.2 Å². The molecule has 1 unspecified atom stereocenters. The molecule has 0 saturated heterocycles. The fraction of sp³-hybridized carbons (Fsp3) is 0.238. The van der Waals surface area contributed by atoms with E-state index in [0.717, 1.165) is 10.9 Å². The molecule has 0 spiro atoms. The van der Waals surface area contributed by atoms with Crippen molar-refractivity contribution in [2.24, 2.45) is 0 Å². The zero-order valence-corrected chi connectivity index (χ0v) is 17.2. The van der Waals surface area contributed by atoms with Gasteiger partial charge in [-0.05, 0) is 37.6 Å². The number of ketones is 1. The predicted molar refractivity (Wildman–Crippen MR) is 110 cm³/mol. The van der Waals surface area contributed by atoms with Crippen LogP contribution in [0.4, 0.5) is 0 Å². The van der Waals surface area contributed by atoms with Gasteiger partial charge < -0.3 is 9.72 Å². The number of ether oxygens (including phenoxy) is 1. The van der Waals surface area contributed by atoms with Crippen LogP contribution in [-0.4, -0.2) is 37.8 Å². The third-order valence-electron chi connectivity index (χ3n) is 4.58. The van der Waals surface area contributed by atoms with E-state index in [1.54, 1.807) is 20.0 Å². The van der Waals surface area contributed by atoms with Crippen molar-refractivity contribution in [2.75, 3.05) is 6.54 Å². The van der Waals surface area contributed by atoms with Gasteiger partial charge in [0, 0.05) is 29.2 Å². The van der Waals surface area contributed by atoms with E-state index in [2.05, 4.69) is 9.71 Å². The summed E-state index contributed by atoms with van der Waals surface area (Å²) in [6.07, 6.45) is 0.557. The van der Waals surface area contributed by atoms with E-state index in [-0.39, 0.29) is 22.8 Å². The molecule has 0 bridgehead atoms. The van der Waals surface area contributed by atoms with Crippen LogP contribution in [0.5, 0.6) is 0 Å². The van der Waals surface area contributed by atoms with Crippen LogP contribution in [-0.2, 0) is 14.8 Å². The molecule has 2 aromatic carbocycles. The molecule has 1 aromatic heterocycles. The lowest BCUT2D eigenvalue weighted by molar-refractivity contribution is 0.0318. The Kier molecular flexibility index (Phi) is 5.86. The SMILES string of the molecule is CCNS(=O)(=O)c1ccc(C)c(C(=O)OC(C)C(=O)c2c[nH]c3ccccc23)c1. The molecule has 29 heavy (non-hydrogen) atoms. The highest BCUT2D eigenvalue weighted by atomic mass is 32.2. The normalized spacial score (nSPS) is 12.7. The molecular weight excluding hydrogens is 392 g/mol. The highest BCUT2D eigenvalue weighted by Gasteiger charge is 2.24. The highest BCUT2D eigenvalue weighted by Crippen LogP contribution is 2.21. The van der Waals surface area contributed by atoms with Gasteiger partial charge in [-0.15, -0.1) is 0 Å². The molecule has 0 amide bonds. The smallest absolute Gasteiger partial charge is 0.339 e. The van der Waals surface area contributed by atoms with Gasteiger partial charge in [-0.25, -0.2) is 17.9 Å². The van der Waals surface area contributed by atoms with Crippen LogP contribution in [0.1, 0.15) is 40.1 Å². The van der Waals surface area contributed by atoms with Gasteiger partial charge in [0.15, 0.2) is 6.10 Å². The van der Waals surface area contributed by atoms with E-state index in [9.17, 15) is 18.0 Å². The van der Waals surface area contributed by atoms with E-state index in [4.69, 9.17) is 4.74 Å². The van der Waals surface area contributed by atoms with E-state index < -0.39 is 22.1 Å². The quantitative estimate of drug-likeness (QED) is 0.456. The Morgan fingerprint density at radius 1 is 1.14 bits per heavy atom. The number of H-pyrrole nitrogens is 1. The number of carbonyl (C=O) groups is 2. The van der Waals surface area contributed by atoms with Crippen molar-refractivity contribution in [1.29, 1.82) is 0 Å². The molecule has 0 fully saturated rings. The molecule has 0 aliphatic carbocycles. The second-order valence-electron chi connectivity index (χ2n) is 6.64. The molecule has 3 rings (SSSR count). The topological polar surface area (TPSA) is 105 Å². The van der Waals surface area contributed by atoms with Gasteiger partial charge in [-0.3, -0.25) is 4.79 Å². The summed E-state index contributed by atoms with van der Waals surface area (Å²) in [5.41, 5.74) is 1.90. The Balaban J connectivity index is 1.83. The summed E-state index contributed by atoms with van der Waals surface area (Å²) < 4.78 is 32.2. The fourth-order valence-electron chi connectivity index (χ4n) is 3.03. The predicted octanol–water partition coefficient (Wildman–Crippen LogP) is 3.20. The molecule has 2 N–H and O–H groups in total. The molecule has 152 valence electrons. The van der Waals surface area contributed by atoms with Gasteiger partial charge in [0.05, 0.1) is 10.5 Å². The van der Waals surface area contributed by atoms with Crippen LogP contribution in [0.15, 0.2) is 53.6 Å². The number of sulfonamides is 1. The number of rotatable bonds is 7. The van der Waals surface area contributed by atoms with Crippen LogP contribution < -0.4 is 4.72 Å². The second-order valence-corrected chi connectivity index (χ2v) is 8.40. The number of hydrogen-bond acceptors (Lipinski definition) is 5. The van der Waals surface area contributed by atoms with Crippen molar-refractivity contribution in [3.63, 3.8) is 0 Å². The number of esters is 1. The zero-order chi connectivity index (χ0) is 21.2. The lowest BCUT2D eigenvalue weighted by Gasteiger charge is -2.14. The number of hydrogen-bond donors (Lipinski definition) is 2. The summed E-state index contributed by atoms with van der Waals surface area (Å²) in [7, 11) is -3.72. The lowest BCUT2D eigenvalue weighted by Crippen LogP contribution is -2.26. The first-order valence-electron chi connectivity index (χ1n) is 9.16. The fourth-order valence-corrected chi connectivity index (χ4v) is 4.10. The number of benzene rings is 2. The molecule has 0 aliphatic rings. The summed E-state index contributed by atoms with van der Waals surface area (Å²) >= 11 is 0. The van der Waals surface area contributed by atoms with Crippen molar-refractivity contribution >= 4 is 32.7 Å². The van der Waals surface area contributed by atoms with Gasteiger partial charge >= 0.3 is 5.97 Å². The number of fused-ring (bicyclic) bond motifs is 1. The standard InChI is InChI=1S/C21H22N2O5S/c1-4-23-29(26,27)15-10-9-13(2)17(11-15)21(25)28-14(3)20(24)18-12-22-19-8-6-5-7-16(18)19/h5-12,14,22-23H,4H2,1-3H3. The molecular formula is C21H22N2O5S. The third-order valence-corrected chi connectivity index (χ3v) is 6.12. The number of carbonyl (C=O) groups excluding carboxylic acids is 2. The van der Waals surface area contributed by atoms with E-state index >= 15 is 0 Å². The van der Waals surface area contributed by atoms with Gasteiger partial charge in [0.1, 0.15) is 0 Å². The number of para-hydroxylation sites is 1. The van der Waals surface area contributed by atoms with Gasteiger partial charge in [-0.2, -0.15) is 0 Å². The Morgan fingerprint density at radius 3 is 2.59 bits per heavy atom. The van der Waals surface area contributed by atoms with Gasteiger partial charge in [0.25, 0.3) is 0 Å². The molecule has 0 saturated carbocycles. The Morgan fingerprint density at radius 2 is 1.86 bits per heavy atom. The van der Waals surface area contributed by atoms with E-state index in [1.807, 2.05) is 24.3 Å². The van der Waals surface area contributed by atoms with E-state index in [0.29, 0.717) is 11.1 Å². The van der Waals surface area contributed by atoms with Crippen molar-refractivity contribution in [3.8, 4) is 0 Å². The van der Waals surface area contributed by atoms with Crippen molar-refractivity contribution in [1.82, 2.24) is 9.71 Å². The summed E-state index contributed by atoms with van der Waals surface area (Å²) in [4.78, 5) is 28.4. The summed E-state index contributed by atoms with van der Waals surface area (Å²) in [6, 6.07) is 11.6. The maximum absolute atomic E-state index is 12.8. The molecule has 1 atom stereocenters. The molecule has 3 aromatic rings. The zero-order valence-electron chi connectivity index (χ0n) is 16.4. The Hall–Kier alpha value is -2.97. The number of aryl methyl sites for hydroxylation is 1. The lowest BCUT2D eigenvalue weighted by atomic mass is 10.1. The van der Waals surface area contributed by atoms with Crippen molar-refractivity contribution < 1.29 is 22.7 Å². The molecule has 1 heterocycles. The maximum atomic E-state index is 12.8. The maximum Gasteiger partial charge on any atom is 0.339 e. The number of nitrogens with one attached hydrogen (secondary N) is 2. The van der Waals surface area contributed by atoms with Crippen LogP contribution in [0.2, 0.25) is 0 Å². The average molecular weight is 414 g/mol. The van der Waals surface area contributed by atoms with Crippen LogP contribution in [0, 0.1) is 6.92 Å². The van der Waals surface area contributed by atoms with E-state index in [1.165, 1.54) is 25.1 Å². The van der Waals surface area contributed by atoms with Crippen LogP contribution in [0.3, 0.4) is 0 Å². The molecule has 0 radical (unpaired) electrons. The highest BCUT2D eigenvalue weighted by molar-refractivity contribution is 7.89. The average Bonchev–Trinajstić information content (AvgIpc) is 3.11. The first kappa shape index (κ1) is 20.8. The minimum absolute atomic E-state index is 0.0347. The summed E-state index contributed by atoms with van der Waals surface area (Å²) in [5, 5.41) is 0.746. The number of aromatic amines is 1. The van der Waals surface area contributed by atoms with Crippen molar-refractivity contribution in [3.05, 3.63) is 65.4 Å². The van der Waals surface area contributed by atoms with Gasteiger partial charge in [0.2, 0.25) is 15.8 Å². The third kappa shape index (κ3) is 4.23. The largest absolute Gasteiger partial charge is 0.451 e. The first-order chi connectivity index (χ1) is 13.7. The minimum Gasteiger partial charge on any atom is -0.451 e. The number of aromatic nitrogens is 1. The van der Waals surface area contributed by atoms with Crippen LogP contribution >= 0.6 is 0 Å². The van der Waals surface area contributed by atoms with Crippen LogP contribution in [0.25, 0.3) is 10.9 Å². The molecule has 0 aliphatic heterocycles. The number of Topliss-reactive ketones (excluding diaryl/α,β-unsaturated/α-hetero) is 1. The summed E-state index contributed by atoms with van der Waals surface area (Å²) in [6.45, 7) is 5.06. The second kappa shape index (κ2) is 8.18. The summed E-state index contributed by atoms with van der Waals surface area (Å²) in [5.74, 6) is -1.10. The first-order valence-corrected chi connectivity index (χ1v) is 10.6. The minimum atomic E-state index is -3.72. The Bertz CT molecular complexity index is 1180. The Labute approximate surface area is 169 Å². The van der Waals surface area contributed by atoms with Crippen molar-refractivity contribution in [2.45, 2.75) is 31.8 Å².